The first-order valence-electron chi connectivity index (χ1n) is 9.64. The largest absolute Gasteiger partial charge is 0.369 e. The second kappa shape index (κ2) is 8.29. The molecule has 1 atom stereocenters. The number of hydrogen-bond acceptors (Lipinski definition) is 6. The lowest BCUT2D eigenvalue weighted by atomic mass is 9.97. The Morgan fingerprint density at radius 1 is 1.23 bits per heavy atom. The molecule has 0 aliphatic carbocycles. The number of benzene rings is 1. The maximum Gasteiger partial charge on any atom is 0.231 e. The standard InChI is InChI=1S/C21H20FN7O/c22-17-9-14(3-4-15(17)10-23)13-29-26-12-18(27-29)20(21(24)30)16-5-6-19(25-11-16)28-7-1-2-8-28/h3-6,9,11-12,20H,1-2,7-8,13H2,(H2,24,30). The summed E-state index contributed by atoms with van der Waals surface area (Å²) in [5.41, 5.74) is 7.25. The van der Waals surface area contributed by atoms with Crippen molar-refractivity contribution in [3.63, 3.8) is 0 Å². The molecule has 152 valence electrons. The lowest BCUT2D eigenvalue weighted by molar-refractivity contribution is -0.118. The van der Waals surface area contributed by atoms with Gasteiger partial charge in [-0.3, -0.25) is 4.79 Å². The number of nitrogens with two attached hydrogens (primary N) is 1. The van der Waals surface area contributed by atoms with Crippen LogP contribution in [0.5, 0.6) is 0 Å². The van der Waals surface area contributed by atoms with E-state index in [0.29, 0.717) is 16.8 Å². The summed E-state index contributed by atoms with van der Waals surface area (Å²) in [7, 11) is 0. The predicted molar refractivity (Wildman–Crippen MR) is 107 cm³/mol. The number of hydrogen-bond donors (Lipinski definition) is 1. The van der Waals surface area contributed by atoms with Crippen molar-refractivity contribution in [1.82, 2.24) is 20.0 Å². The van der Waals surface area contributed by atoms with Gasteiger partial charge < -0.3 is 10.6 Å². The third-order valence-corrected chi connectivity index (χ3v) is 5.15. The number of rotatable bonds is 6. The highest BCUT2D eigenvalue weighted by atomic mass is 19.1. The highest BCUT2D eigenvalue weighted by Gasteiger charge is 2.25. The second-order valence-electron chi connectivity index (χ2n) is 7.21. The molecule has 1 saturated heterocycles. The SMILES string of the molecule is N#Cc1ccc(Cn2ncc(C(C(N)=O)c3ccc(N4CCCC4)nc3)n2)cc1F. The van der Waals surface area contributed by atoms with E-state index in [9.17, 15) is 9.18 Å². The minimum absolute atomic E-state index is 0.0217. The van der Waals surface area contributed by atoms with Gasteiger partial charge >= 0.3 is 0 Å². The number of nitriles is 1. The predicted octanol–water partition coefficient (Wildman–Crippen LogP) is 1.95. The van der Waals surface area contributed by atoms with Crippen LogP contribution >= 0.6 is 0 Å². The molecule has 2 aromatic heterocycles. The van der Waals surface area contributed by atoms with Gasteiger partial charge in [-0.2, -0.15) is 20.3 Å². The van der Waals surface area contributed by atoms with Crippen LogP contribution in [-0.4, -0.2) is 39.0 Å². The van der Waals surface area contributed by atoms with Crippen LogP contribution in [0.2, 0.25) is 0 Å². The maximum atomic E-state index is 13.8. The number of primary amides is 1. The van der Waals surface area contributed by atoms with Crippen molar-refractivity contribution in [3.05, 3.63) is 70.9 Å². The molecule has 1 fully saturated rings. The molecule has 3 aromatic rings. The molecular weight excluding hydrogens is 385 g/mol. The first kappa shape index (κ1) is 19.5. The molecule has 4 rings (SSSR count). The Morgan fingerprint density at radius 3 is 2.67 bits per heavy atom. The summed E-state index contributed by atoms with van der Waals surface area (Å²) in [6.45, 7) is 2.16. The van der Waals surface area contributed by atoms with E-state index in [1.165, 1.54) is 23.1 Å². The first-order valence-corrected chi connectivity index (χ1v) is 9.64. The van der Waals surface area contributed by atoms with Crippen molar-refractivity contribution in [2.24, 2.45) is 5.73 Å². The summed E-state index contributed by atoms with van der Waals surface area (Å²) in [6.07, 6.45) is 5.43. The van der Waals surface area contributed by atoms with Gasteiger partial charge in [0.2, 0.25) is 5.91 Å². The molecule has 0 bridgehead atoms. The van der Waals surface area contributed by atoms with Gasteiger partial charge in [0.1, 0.15) is 23.6 Å². The molecule has 1 aliphatic rings. The van der Waals surface area contributed by atoms with E-state index >= 15 is 0 Å². The average Bonchev–Trinajstić information content (AvgIpc) is 3.41. The molecule has 1 unspecified atom stereocenters. The summed E-state index contributed by atoms with van der Waals surface area (Å²) in [4.78, 5) is 20.2. The fourth-order valence-corrected chi connectivity index (χ4v) is 3.61. The molecule has 1 aromatic carbocycles. The van der Waals surface area contributed by atoms with Gasteiger partial charge in [-0.15, -0.1) is 0 Å². The molecule has 8 nitrogen and oxygen atoms in total. The highest BCUT2D eigenvalue weighted by Crippen LogP contribution is 2.25. The topological polar surface area (TPSA) is 114 Å². The first-order chi connectivity index (χ1) is 14.5. The third kappa shape index (κ3) is 3.98. The third-order valence-electron chi connectivity index (χ3n) is 5.15. The van der Waals surface area contributed by atoms with Crippen LogP contribution in [0.25, 0.3) is 0 Å². The Kier molecular flexibility index (Phi) is 5.39. The molecule has 3 heterocycles. The van der Waals surface area contributed by atoms with Crippen molar-refractivity contribution in [2.45, 2.75) is 25.3 Å². The van der Waals surface area contributed by atoms with E-state index in [-0.39, 0.29) is 12.1 Å². The smallest absolute Gasteiger partial charge is 0.231 e. The molecule has 0 radical (unpaired) electrons. The van der Waals surface area contributed by atoms with E-state index in [0.717, 1.165) is 31.7 Å². The van der Waals surface area contributed by atoms with Gasteiger partial charge in [-0.05, 0) is 42.2 Å². The number of carbonyl (C=O) groups excluding carboxylic acids is 1. The van der Waals surface area contributed by atoms with E-state index in [1.54, 1.807) is 18.3 Å². The zero-order chi connectivity index (χ0) is 21.1. The van der Waals surface area contributed by atoms with Gasteiger partial charge in [0.05, 0.1) is 24.0 Å². The lowest BCUT2D eigenvalue weighted by Gasteiger charge is -2.17. The molecule has 9 heteroatoms. The molecular formula is C21H20FN7O. The second-order valence-corrected chi connectivity index (χ2v) is 7.21. The van der Waals surface area contributed by atoms with Crippen LogP contribution in [0, 0.1) is 17.1 Å². The number of amides is 1. The normalized spacial score (nSPS) is 14.5. The van der Waals surface area contributed by atoms with Crippen molar-refractivity contribution < 1.29 is 9.18 Å². The van der Waals surface area contributed by atoms with Gasteiger partial charge in [0, 0.05) is 19.3 Å². The summed E-state index contributed by atoms with van der Waals surface area (Å²) in [6, 6.07) is 9.83. The summed E-state index contributed by atoms with van der Waals surface area (Å²) >= 11 is 0. The minimum Gasteiger partial charge on any atom is -0.369 e. The minimum atomic E-state index is -0.781. The number of carbonyl (C=O) groups is 1. The zero-order valence-electron chi connectivity index (χ0n) is 16.2. The van der Waals surface area contributed by atoms with Crippen LogP contribution in [0.15, 0.2) is 42.7 Å². The van der Waals surface area contributed by atoms with E-state index in [1.807, 2.05) is 12.1 Å². The molecule has 0 spiro atoms. The van der Waals surface area contributed by atoms with Crippen molar-refractivity contribution in [3.8, 4) is 6.07 Å². The summed E-state index contributed by atoms with van der Waals surface area (Å²) in [5.74, 6) is -1.05. The van der Waals surface area contributed by atoms with Crippen molar-refractivity contribution in [2.75, 3.05) is 18.0 Å². The van der Waals surface area contributed by atoms with Crippen molar-refractivity contribution >= 4 is 11.7 Å². The summed E-state index contributed by atoms with van der Waals surface area (Å²) < 4.78 is 13.8. The number of pyridine rings is 1. The van der Waals surface area contributed by atoms with Gasteiger partial charge in [-0.1, -0.05) is 12.1 Å². The molecule has 1 aliphatic heterocycles. The Labute approximate surface area is 172 Å². The monoisotopic (exact) mass is 405 g/mol. The lowest BCUT2D eigenvalue weighted by Crippen LogP contribution is -2.24. The maximum absolute atomic E-state index is 13.8. The van der Waals surface area contributed by atoms with Crippen LogP contribution in [0.1, 0.15) is 41.1 Å². The quantitative estimate of drug-likeness (QED) is 0.670. The highest BCUT2D eigenvalue weighted by molar-refractivity contribution is 5.84. The Morgan fingerprint density at radius 2 is 2.03 bits per heavy atom. The van der Waals surface area contributed by atoms with Crippen molar-refractivity contribution in [1.29, 1.82) is 5.26 Å². The number of aromatic nitrogens is 4. The average molecular weight is 405 g/mol. The fraction of sp³-hybridized carbons (Fsp3) is 0.286. The van der Waals surface area contributed by atoms with Crippen LogP contribution in [-0.2, 0) is 11.3 Å². The molecule has 30 heavy (non-hydrogen) atoms. The molecule has 0 saturated carbocycles. The molecule has 2 N–H and O–H groups in total. The molecule has 1 amide bonds. The number of nitrogens with zero attached hydrogens (tertiary/aromatic N) is 6. The summed E-state index contributed by atoms with van der Waals surface area (Å²) in [5, 5.41) is 17.4. The Hall–Kier alpha value is -3.80. The van der Waals surface area contributed by atoms with Gasteiger partial charge in [-0.25, -0.2) is 9.37 Å². The Balaban J connectivity index is 1.54. The van der Waals surface area contributed by atoms with Crippen LogP contribution in [0.3, 0.4) is 0 Å². The van der Waals surface area contributed by atoms with E-state index in [4.69, 9.17) is 11.0 Å². The van der Waals surface area contributed by atoms with Crippen LogP contribution < -0.4 is 10.6 Å². The number of halogens is 1. The van der Waals surface area contributed by atoms with E-state index < -0.39 is 17.6 Å². The van der Waals surface area contributed by atoms with Gasteiger partial charge in [0.25, 0.3) is 0 Å². The van der Waals surface area contributed by atoms with Gasteiger partial charge in [0.15, 0.2) is 0 Å². The van der Waals surface area contributed by atoms with Crippen LogP contribution in [0.4, 0.5) is 10.2 Å². The zero-order valence-corrected chi connectivity index (χ0v) is 16.2. The van der Waals surface area contributed by atoms with E-state index in [2.05, 4.69) is 20.1 Å². The number of anilines is 1. The Bertz CT molecular complexity index is 1100. The fourth-order valence-electron chi connectivity index (χ4n) is 3.61.